The van der Waals surface area contributed by atoms with Gasteiger partial charge in [0.25, 0.3) is 0 Å². The van der Waals surface area contributed by atoms with Crippen LogP contribution < -0.4 is 15.5 Å². The normalized spacial score (nSPS) is 10.7. The smallest absolute Gasteiger partial charge is 0.420 e. The number of rotatable bonds is 8. The van der Waals surface area contributed by atoms with Gasteiger partial charge in [0.2, 0.25) is 11.9 Å². The minimum Gasteiger partial charge on any atom is -0.444 e. The Kier molecular flexibility index (Phi) is 7.09. The summed E-state index contributed by atoms with van der Waals surface area (Å²) in [5.41, 5.74) is 2.53. The summed E-state index contributed by atoms with van der Waals surface area (Å²) in [6.07, 6.45) is 5.48. The molecule has 0 radical (unpaired) electrons. The molecule has 2 amide bonds. The Labute approximate surface area is 222 Å². The van der Waals surface area contributed by atoms with E-state index in [4.69, 9.17) is 4.74 Å². The van der Waals surface area contributed by atoms with Gasteiger partial charge in [0.1, 0.15) is 12.4 Å². The zero-order valence-corrected chi connectivity index (χ0v) is 21.2. The van der Waals surface area contributed by atoms with E-state index in [-0.39, 0.29) is 24.3 Å². The molecule has 38 heavy (non-hydrogen) atoms. The lowest BCUT2D eigenvalue weighted by atomic mass is 10.2. The zero-order chi connectivity index (χ0) is 26.5. The largest absolute Gasteiger partial charge is 0.444 e. The van der Waals surface area contributed by atoms with Gasteiger partial charge in [-0.15, -0.1) is 11.3 Å². The molecule has 0 saturated carbocycles. The molecule has 190 valence electrons. The highest BCUT2D eigenvalue weighted by Crippen LogP contribution is 2.30. The molecule has 0 atom stereocenters. The number of nitrogens with zero attached hydrogens (tertiary/aromatic N) is 5. The summed E-state index contributed by atoms with van der Waals surface area (Å²) in [5.74, 6) is 0.178. The first-order valence-electron chi connectivity index (χ1n) is 11.5. The summed E-state index contributed by atoms with van der Waals surface area (Å²) in [4.78, 5) is 35.5. The summed E-state index contributed by atoms with van der Waals surface area (Å²) < 4.78 is 8.52. The number of ether oxygens (including phenoxy) is 1. The number of thiophene rings is 1. The number of amides is 2. The van der Waals surface area contributed by atoms with Crippen LogP contribution in [-0.2, 0) is 23.2 Å². The number of fused-ring (bicyclic) bond motifs is 1. The maximum absolute atomic E-state index is 13.5. The summed E-state index contributed by atoms with van der Waals surface area (Å²) in [7, 11) is 1.80. The van der Waals surface area contributed by atoms with Crippen molar-refractivity contribution in [2.75, 3.05) is 15.5 Å². The lowest BCUT2D eigenvalue weighted by molar-refractivity contribution is -0.111. The Morgan fingerprint density at radius 1 is 1.16 bits per heavy atom. The van der Waals surface area contributed by atoms with Crippen molar-refractivity contribution in [2.24, 2.45) is 7.05 Å². The summed E-state index contributed by atoms with van der Waals surface area (Å²) in [6, 6.07) is 16.4. The highest BCUT2D eigenvalue weighted by molar-refractivity contribution is 7.17. The van der Waals surface area contributed by atoms with Crippen LogP contribution in [0.25, 0.3) is 10.1 Å². The van der Waals surface area contributed by atoms with Crippen LogP contribution in [0.5, 0.6) is 0 Å². The molecule has 2 aromatic carbocycles. The molecular formula is C27H23N7O3S. The maximum Gasteiger partial charge on any atom is 0.420 e. The fraction of sp³-hybridized carbons (Fsp3) is 0.0741. The average Bonchev–Trinajstić information content (AvgIpc) is 3.53. The Morgan fingerprint density at radius 3 is 2.84 bits per heavy atom. The number of aryl methyl sites for hydroxylation is 1. The van der Waals surface area contributed by atoms with Gasteiger partial charge in [-0.1, -0.05) is 30.8 Å². The van der Waals surface area contributed by atoms with Crippen LogP contribution in [0.2, 0.25) is 0 Å². The van der Waals surface area contributed by atoms with Gasteiger partial charge in [-0.25, -0.2) is 14.7 Å². The van der Waals surface area contributed by atoms with E-state index in [0.29, 0.717) is 17.1 Å². The number of benzene rings is 2. The molecule has 0 unspecified atom stereocenters. The molecule has 3 aromatic heterocycles. The van der Waals surface area contributed by atoms with E-state index in [1.165, 1.54) is 17.2 Å². The Bertz CT molecular complexity index is 1630. The van der Waals surface area contributed by atoms with Gasteiger partial charge in [0.15, 0.2) is 0 Å². The molecule has 11 heteroatoms. The van der Waals surface area contributed by atoms with Gasteiger partial charge in [-0.05, 0) is 41.1 Å². The van der Waals surface area contributed by atoms with Crippen molar-refractivity contribution in [3.63, 3.8) is 0 Å². The van der Waals surface area contributed by atoms with Crippen LogP contribution in [0.15, 0.2) is 91.2 Å². The van der Waals surface area contributed by atoms with E-state index in [1.54, 1.807) is 65.8 Å². The molecule has 5 rings (SSSR count). The summed E-state index contributed by atoms with van der Waals surface area (Å²) in [5, 5.41) is 12.9. The third kappa shape index (κ3) is 5.52. The van der Waals surface area contributed by atoms with Crippen molar-refractivity contribution in [3.8, 4) is 0 Å². The van der Waals surface area contributed by atoms with E-state index in [9.17, 15) is 9.59 Å². The number of nitrogens with one attached hydrogen (secondary N) is 2. The second-order valence-electron chi connectivity index (χ2n) is 8.16. The van der Waals surface area contributed by atoms with Gasteiger partial charge >= 0.3 is 6.09 Å². The number of aromatic nitrogens is 4. The first-order chi connectivity index (χ1) is 18.5. The van der Waals surface area contributed by atoms with Crippen LogP contribution in [-0.4, -0.2) is 31.7 Å². The molecule has 0 spiro atoms. The standard InChI is InChI=1S/C27H23N7O3S/c1-3-25(35)30-19-7-6-8-21(13-19)34(24-11-12-28-26(32-24)31-20-14-29-33(2)15-20)27(36)37-16-18-17-38-23-10-5-4-9-22(18)23/h3-15,17H,1,16H2,2H3,(H,30,35)(H,28,31,32). The van der Waals surface area contributed by atoms with Gasteiger partial charge in [-0.2, -0.15) is 10.1 Å². The molecule has 0 aliphatic carbocycles. The number of carbonyl (C=O) groups excluding carboxylic acids is 2. The molecule has 0 bridgehead atoms. The molecule has 10 nitrogen and oxygen atoms in total. The lowest BCUT2D eigenvalue weighted by Crippen LogP contribution is -2.28. The number of hydrogen-bond acceptors (Lipinski definition) is 8. The second-order valence-corrected chi connectivity index (χ2v) is 9.07. The van der Waals surface area contributed by atoms with Crippen molar-refractivity contribution >= 4 is 62.3 Å². The predicted octanol–water partition coefficient (Wildman–Crippen LogP) is 5.77. The first kappa shape index (κ1) is 24.7. The van der Waals surface area contributed by atoms with E-state index in [0.717, 1.165) is 15.6 Å². The van der Waals surface area contributed by atoms with Crippen LogP contribution in [0.3, 0.4) is 0 Å². The van der Waals surface area contributed by atoms with Gasteiger partial charge in [0.05, 0.1) is 17.6 Å². The topological polar surface area (TPSA) is 114 Å². The second kappa shape index (κ2) is 10.9. The van der Waals surface area contributed by atoms with E-state index >= 15 is 0 Å². The Balaban J connectivity index is 1.46. The Hall–Kier alpha value is -5.03. The predicted molar refractivity (Wildman–Crippen MR) is 148 cm³/mol. The third-order valence-electron chi connectivity index (χ3n) is 5.48. The minimum absolute atomic E-state index is 0.0815. The van der Waals surface area contributed by atoms with Crippen LogP contribution in [0, 0.1) is 0 Å². The van der Waals surface area contributed by atoms with Gasteiger partial charge in [-0.3, -0.25) is 9.48 Å². The fourth-order valence-corrected chi connectivity index (χ4v) is 4.69. The van der Waals surface area contributed by atoms with Crippen LogP contribution >= 0.6 is 11.3 Å². The molecule has 3 heterocycles. The van der Waals surface area contributed by atoms with Crippen LogP contribution in [0.1, 0.15) is 5.56 Å². The zero-order valence-electron chi connectivity index (χ0n) is 20.4. The molecule has 2 N–H and O–H groups in total. The molecule has 0 saturated heterocycles. The summed E-state index contributed by atoms with van der Waals surface area (Å²) >= 11 is 1.59. The van der Waals surface area contributed by atoms with Crippen LogP contribution in [0.4, 0.5) is 33.6 Å². The molecule has 0 aliphatic heterocycles. The molecule has 5 aromatic rings. The van der Waals surface area contributed by atoms with E-state index in [1.807, 2.05) is 29.6 Å². The lowest BCUT2D eigenvalue weighted by Gasteiger charge is -2.22. The number of anilines is 5. The SMILES string of the molecule is C=CC(=O)Nc1cccc(N(C(=O)OCc2csc3ccccc23)c2ccnc(Nc3cnn(C)c3)n2)c1. The monoisotopic (exact) mass is 525 g/mol. The fourth-order valence-electron chi connectivity index (χ4n) is 3.74. The molecule has 0 fully saturated rings. The molecular weight excluding hydrogens is 502 g/mol. The highest BCUT2D eigenvalue weighted by Gasteiger charge is 2.23. The van der Waals surface area contributed by atoms with Crippen molar-refractivity contribution < 1.29 is 14.3 Å². The van der Waals surface area contributed by atoms with Gasteiger partial charge < -0.3 is 15.4 Å². The maximum atomic E-state index is 13.5. The summed E-state index contributed by atoms with van der Waals surface area (Å²) in [6.45, 7) is 3.56. The first-order valence-corrected chi connectivity index (χ1v) is 12.4. The van der Waals surface area contributed by atoms with Gasteiger partial charge in [0, 0.05) is 41.5 Å². The van der Waals surface area contributed by atoms with E-state index in [2.05, 4.69) is 32.3 Å². The highest BCUT2D eigenvalue weighted by atomic mass is 32.1. The minimum atomic E-state index is -0.640. The van der Waals surface area contributed by atoms with Crippen molar-refractivity contribution in [3.05, 3.63) is 96.8 Å². The number of hydrogen-bond donors (Lipinski definition) is 2. The quantitative estimate of drug-likeness (QED) is 0.247. The Morgan fingerprint density at radius 2 is 2.03 bits per heavy atom. The van der Waals surface area contributed by atoms with Crippen molar-refractivity contribution in [2.45, 2.75) is 6.61 Å². The number of carbonyl (C=O) groups is 2. The van der Waals surface area contributed by atoms with Crippen molar-refractivity contribution in [1.82, 2.24) is 19.7 Å². The van der Waals surface area contributed by atoms with Crippen molar-refractivity contribution in [1.29, 1.82) is 0 Å². The third-order valence-corrected chi connectivity index (χ3v) is 6.50. The average molecular weight is 526 g/mol. The van der Waals surface area contributed by atoms with E-state index < -0.39 is 6.09 Å². The molecule has 0 aliphatic rings.